The first kappa shape index (κ1) is 16.2. The average Bonchev–Trinajstić information content (AvgIpc) is 3.07. The number of carbonyl (C=O) groups is 2. The van der Waals surface area contributed by atoms with Crippen LogP contribution in [0.1, 0.15) is 10.5 Å². The summed E-state index contributed by atoms with van der Waals surface area (Å²) in [7, 11) is 0. The zero-order chi connectivity index (χ0) is 16.9. The molecule has 0 aromatic carbocycles. The van der Waals surface area contributed by atoms with Gasteiger partial charge in [-0.25, -0.2) is 4.98 Å². The van der Waals surface area contributed by atoms with Crippen molar-refractivity contribution in [3.63, 3.8) is 0 Å². The van der Waals surface area contributed by atoms with Crippen molar-refractivity contribution >= 4 is 17.3 Å². The van der Waals surface area contributed by atoms with E-state index in [1.807, 2.05) is 27.6 Å². The van der Waals surface area contributed by atoms with E-state index in [1.165, 1.54) is 0 Å². The summed E-state index contributed by atoms with van der Waals surface area (Å²) < 4.78 is 1.87. The minimum atomic E-state index is -0.0607. The molecule has 0 aliphatic carbocycles. The molecule has 7 nitrogen and oxygen atoms in total. The van der Waals surface area contributed by atoms with Crippen molar-refractivity contribution < 1.29 is 9.59 Å². The molecule has 2 amide bonds. The van der Waals surface area contributed by atoms with Crippen molar-refractivity contribution in [2.24, 2.45) is 0 Å². The molecule has 0 saturated carbocycles. The van der Waals surface area contributed by atoms with Gasteiger partial charge < -0.3 is 14.6 Å². The predicted octanol–water partition coefficient (Wildman–Crippen LogP) is 0.394. The summed E-state index contributed by atoms with van der Waals surface area (Å²) in [5, 5.41) is 2.76. The van der Waals surface area contributed by atoms with Crippen LogP contribution in [0.15, 0.2) is 43.4 Å². The van der Waals surface area contributed by atoms with Crippen molar-refractivity contribution in [1.29, 1.82) is 0 Å². The number of amides is 2. The average molecular weight is 327 g/mol. The van der Waals surface area contributed by atoms with E-state index >= 15 is 0 Å². The lowest BCUT2D eigenvalue weighted by atomic mass is 10.2. The fraction of sp³-hybridized carbons (Fsp3) is 0.353. The smallest absolute Gasteiger partial charge is 0.272 e. The van der Waals surface area contributed by atoms with Crippen LogP contribution in [0.25, 0.3) is 5.52 Å². The number of nitrogens with one attached hydrogen (secondary N) is 1. The highest BCUT2D eigenvalue weighted by Crippen LogP contribution is 2.10. The van der Waals surface area contributed by atoms with Crippen LogP contribution in [-0.4, -0.2) is 70.3 Å². The molecular weight excluding hydrogens is 306 g/mol. The topological polar surface area (TPSA) is 70.0 Å². The molecule has 1 saturated heterocycles. The van der Waals surface area contributed by atoms with E-state index in [0.717, 1.165) is 5.52 Å². The van der Waals surface area contributed by atoms with Gasteiger partial charge in [0, 0.05) is 44.4 Å². The Morgan fingerprint density at radius 2 is 2.08 bits per heavy atom. The van der Waals surface area contributed by atoms with Crippen LogP contribution in [0.2, 0.25) is 0 Å². The van der Waals surface area contributed by atoms with Gasteiger partial charge in [-0.3, -0.25) is 14.5 Å². The summed E-state index contributed by atoms with van der Waals surface area (Å²) in [5.41, 5.74) is 1.41. The number of hydrogen-bond acceptors (Lipinski definition) is 4. The largest absolute Gasteiger partial charge is 0.352 e. The van der Waals surface area contributed by atoms with Gasteiger partial charge in [0.1, 0.15) is 5.69 Å². The molecule has 3 heterocycles. The van der Waals surface area contributed by atoms with Crippen LogP contribution < -0.4 is 5.32 Å². The highest BCUT2D eigenvalue weighted by molar-refractivity contribution is 5.93. The molecule has 0 unspecified atom stereocenters. The van der Waals surface area contributed by atoms with Crippen LogP contribution in [0.5, 0.6) is 0 Å². The Bertz CT molecular complexity index is 746. The lowest BCUT2D eigenvalue weighted by molar-refractivity contribution is -0.122. The van der Waals surface area contributed by atoms with Crippen molar-refractivity contribution in [3.05, 3.63) is 49.1 Å². The van der Waals surface area contributed by atoms with Crippen molar-refractivity contribution in [3.8, 4) is 0 Å². The van der Waals surface area contributed by atoms with Gasteiger partial charge in [0.15, 0.2) is 0 Å². The Labute approximate surface area is 140 Å². The summed E-state index contributed by atoms with van der Waals surface area (Å²) in [6.45, 7) is 6.96. The Kier molecular flexibility index (Phi) is 4.90. The van der Waals surface area contributed by atoms with Crippen molar-refractivity contribution in [2.75, 3.05) is 39.3 Å². The number of piperazine rings is 1. The maximum atomic E-state index is 12.6. The van der Waals surface area contributed by atoms with Gasteiger partial charge in [-0.05, 0) is 18.2 Å². The molecule has 2 aromatic rings. The summed E-state index contributed by atoms with van der Waals surface area (Å²) in [5.74, 6) is -0.0792. The van der Waals surface area contributed by atoms with Crippen LogP contribution in [0.4, 0.5) is 0 Å². The van der Waals surface area contributed by atoms with Gasteiger partial charge in [-0.15, -0.1) is 6.58 Å². The van der Waals surface area contributed by atoms with E-state index in [1.54, 1.807) is 23.4 Å². The van der Waals surface area contributed by atoms with Crippen molar-refractivity contribution in [1.82, 2.24) is 24.5 Å². The fourth-order valence-corrected chi connectivity index (χ4v) is 2.77. The Morgan fingerprint density at radius 1 is 1.29 bits per heavy atom. The Hall–Kier alpha value is -2.67. The lowest BCUT2D eigenvalue weighted by Crippen LogP contribution is -2.51. The second kappa shape index (κ2) is 7.27. The van der Waals surface area contributed by atoms with Gasteiger partial charge in [0.25, 0.3) is 5.91 Å². The predicted molar refractivity (Wildman–Crippen MR) is 90.7 cm³/mol. The number of aromatic nitrogens is 2. The molecule has 24 heavy (non-hydrogen) atoms. The lowest BCUT2D eigenvalue weighted by Gasteiger charge is -2.34. The second-order valence-corrected chi connectivity index (χ2v) is 5.78. The van der Waals surface area contributed by atoms with E-state index in [0.29, 0.717) is 45.0 Å². The van der Waals surface area contributed by atoms with E-state index < -0.39 is 0 Å². The molecule has 2 aromatic heterocycles. The first-order chi connectivity index (χ1) is 11.7. The van der Waals surface area contributed by atoms with Crippen LogP contribution in [0.3, 0.4) is 0 Å². The molecule has 0 bridgehead atoms. The molecule has 1 N–H and O–H groups in total. The minimum absolute atomic E-state index is 0.0185. The first-order valence-electron chi connectivity index (χ1n) is 7.99. The third kappa shape index (κ3) is 3.62. The number of rotatable bonds is 5. The SMILES string of the molecule is C=CCNC(=O)CN1CCN(C(=O)c2cc3cccn3cn2)CC1. The number of fused-ring (bicyclic) bond motifs is 1. The van der Waals surface area contributed by atoms with Gasteiger partial charge in [-0.1, -0.05) is 6.08 Å². The molecule has 1 aliphatic heterocycles. The third-order valence-corrected chi connectivity index (χ3v) is 4.11. The number of nitrogens with zero attached hydrogens (tertiary/aromatic N) is 4. The van der Waals surface area contributed by atoms with E-state index in [-0.39, 0.29) is 11.8 Å². The highest BCUT2D eigenvalue weighted by atomic mass is 16.2. The highest BCUT2D eigenvalue weighted by Gasteiger charge is 2.24. The van der Waals surface area contributed by atoms with Crippen LogP contribution >= 0.6 is 0 Å². The van der Waals surface area contributed by atoms with Gasteiger partial charge in [0.2, 0.25) is 5.91 Å². The first-order valence-corrected chi connectivity index (χ1v) is 7.99. The van der Waals surface area contributed by atoms with Gasteiger partial charge >= 0.3 is 0 Å². The third-order valence-electron chi connectivity index (χ3n) is 4.11. The maximum Gasteiger partial charge on any atom is 0.272 e. The summed E-state index contributed by atoms with van der Waals surface area (Å²) in [6, 6.07) is 5.66. The fourth-order valence-electron chi connectivity index (χ4n) is 2.77. The summed E-state index contributed by atoms with van der Waals surface area (Å²) >= 11 is 0. The molecule has 1 aliphatic rings. The van der Waals surface area contributed by atoms with Gasteiger partial charge in [-0.2, -0.15) is 0 Å². The van der Waals surface area contributed by atoms with Crippen LogP contribution in [-0.2, 0) is 4.79 Å². The monoisotopic (exact) mass is 327 g/mol. The molecule has 1 fully saturated rings. The molecule has 7 heteroatoms. The number of carbonyl (C=O) groups excluding carboxylic acids is 2. The summed E-state index contributed by atoms with van der Waals surface area (Å²) in [6.07, 6.45) is 5.21. The Morgan fingerprint density at radius 3 is 2.83 bits per heavy atom. The molecule has 0 atom stereocenters. The van der Waals surface area contributed by atoms with E-state index in [2.05, 4.69) is 16.9 Å². The zero-order valence-corrected chi connectivity index (χ0v) is 13.5. The molecule has 0 spiro atoms. The molecule has 0 radical (unpaired) electrons. The quantitative estimate of drug-likeness (QED) is 0.807. The zero-order valence-electron chi connectivity index (χ0n) is 13.5. The molecule has 3 rings (SSSR count). The Balaban J connectivity index is 1.55. The molecule has 126 valence electrons. The standard InChI is InChI=1S/C17H21N5O2/c1-2-5-18-16(23)12-20-7-9-21(10-8-20)17(24)15-11-14-4-3-6-22(14)13-19-15/h2-4,6,11,13H,1,5,7-10,12H2,(H,18,23). The molecular formula is C17H21N5O2. The normalized spacial score (nSPS) is 15.4. The maximum absolute atomic E-state index is 12.6. The number of hydrogen-bond donors (Lipinski definition) is 1. The summed E-state index contributed by atoms with van der Waals surface area (Å²) in [4.78, 5) is 32.4. The second-order valence-electron chi connectivity index (χ2n) is 5.78. The van der Waals surface area contributed by atoms with E-state index in [9.17, 15) is 9.59 Å². The minimum Gasteiger partial charge on any atom is -0.352 e. The van der Waals surface area contributed by atoms with Crippen molar-refractivity contribution in [2.45, 2.75) is 0 Å². The van der Waals surface area contributed by atoms with Gasteiger partial charge in [0.05, 0.1) is 12.9 Å². The van der Waals surface area contributed by atoms with E-state index in [4.69, 9.17) is 0 Å². The van der Waals surface area contributed by atoms with Crippen LogP contribution in [0, 0.1) is 0 Å².